The molecule has 0 bridgehead atoms. The van der Waals surface area contributed by atoms with Crippen molar-refractivity contribution in [3.05, 3.63) is 12.7 Å². The molecule has 1 aliphatic heterocycles. The number of ether oxygens (including phenoxy) is 1. The minimum Gasteiger partial charge on any atom is -0.381 e. The molecule has 0 radical (unpaired) electrons. The van der Waals surface area contributed by atoms with Gasteiger partial charge < -0.3 is 15.0 Å². The van der Waals surface area contributed by atoms with Gasteiger partial charge in [0.05, 0.1) is 4.75 Å². The number of guanidine groups is 1. The van der Waals surface area contributed by atoms with Crippen LogP contribution in [0.25, 0.3) is 0 Å². The maximum Gasteiger partial charge on any atom is 0.193 e. The van der Waals surface area contributed by atoms with Gasteiger partial charge in [0.2, 0.25) is 0 Å². The number of hydrogen-bond acceptors (Lipinski definition) is 4. The molecule has 140 valence electrons. The summed E-state index contributed by atoms with van der Waals surface area (Å²) in [5.74, 6) is 0.744. The van der Waals surface area contributed by atoms with E-state index in [1.807, 2.05) is 13.1 Å². The van der Waals surface area contributed by atoms with Crippen molar-refractivity contribution in [1.29, 1.82) is 0 Å². The second-order valence-corrected chi connectivity index (χ2v) is 8.94. The molecule has 0 unspecified atom stereocenters. The van der Waals surface area contributed by atoms with Crippen LogP contribution in [-0.2, 0) is 14.6 Å². The van der Waals surface area contributed by atoms with Crippen molar-refractivity contribution in [3.63, 3.8) is 0 Å². The number of nitrogens with zero attached hydrogens (tertiary/aromatic N) is 2. The molecule has 0 amide bonds. The Labute approximate surface area is 147 Å². The van der Waals surface area contributed by atoms with E-state index in [4.69, 9.17) is 4.74 Å². The number of sulfone groups is 1. The van der Waals surface area contributed by atoms with Gasteiger partial charge in [-0.25, -0.2) is 8.42 Å². The third-order valence-electron chi connectivity index (χ3n) is 4.73. The number of allylic oxidation sites excluding steroid dienone is 1. The summed E-state index contributed by atoms with van der Waals surface area (Å²) in [5.41, 5.74) is 0. The molecular weight excluding hydrogens is 326 g/mol. The van der Waals surface area contributed by atoms with Crippen molar-refractivity contribution in [1.82, 2.24) is 10.2 Å². The summed E-state index contributed by atoms with van der Waals surface area (Å²) in [7, 11) is 0.546. The zero-order valence-corrected chi connectivity index (χ0v) is 16.2. The largest absolute Gasteiger partial charge is 0.381 e. The first-order valence-electron chi connectivity index (χ1n) is 8.66. The monoisotopic (exact) mass is 359 g/mol. The zero-order chi connectivity index (χ0) is 18.1. The maximum atomic E-state index is 12.3. The standard InChI is InChI=1S/C17H33N3O3S/c1-5-6-7-8-9-12-20(3)16(18-2)19-15-17(24(4,21)22)10-13-23-14-11-17/h5H,1,6-15H2,2-4H3,(H,18,19). The Kier molecular flexibility index (Phi) is 8.76. The predicted octanol–water partition coefficient (Wildman–Crippen LogP) is 1.83. The Balaban J connectivity index is 2.56. The van der Waals surface area contributed by atoms with Gasteiger partial charge in [-0.3, -0.25) is 4.99 Å². The summed E-state index contributed by atoms with van der Waals surface area (Å²) in [5, 5.41) is 3.26. The Hall–Kier alpha value is -1.08. The van der Waals surface area contributed by atoms with Gasteiger partial charge in [-0.05, 0) is 32.1 Å². The van der Waals surface area contributed by atoms with Gasteiger partial charge in [0.25, 0.3) is 0 Å². The Morgan fingerprint density at radius 1 is 1.33 bits per heavy atom. The van der Waals surface area contributed by atoms with E-state index in [1.165, 1.54) is 6.26 Å². The Morgan fingerprint density at radius 2 is 2.00 bits per heavy atom. The van der Waals surface area contributed by atoms with Crippen molar-refractivity contribution in [2.75, 3.05) is 46.7 Å². The first-order valence-corrected chi connectivity index (χ1v) is 10.6. The minimum atomic E-state index is -3.17. The van der Waals surface area contributed by atoms with Gasteiger partial charge >= 0.3 is 0 Å². The molecule has 24 heavy (non-hydrogen) atoms. The van der Waals surface area contributed by atoms with Crippen LogP contribution in [0.3, 0.4) is 0 Å². The van der Waals surface area contributed by atoms with Crippen molar-refractivity contribution in [2.24, 2.45) is 4.99 Å². The van der Waals surface area contributed by atoms with Crippen LogP contribution in [0.2, 0.25) is 0 Å². The highest BCUT2D eigenvalue weighted by Gasteiger charge is 2.42. The molecule has 0 aromatic rings. The average molecular weight is 360 g/mol. The highest BCUT2D eigenvalue weighted by atomic mass is 32.2. The quantitative estimate of drug-likeness (QED) is 0.294. The molecular formula is C17H33N3O3S. The number of aliphatic imine (C=N–C) groups is 1. The van der Waals surface area contributed by atoms with E-state index in [0.29, 0.717) is 32.6 Å². The van der Waals surface area contributed by atoms with Crippen molar-refractivity contribution in [2.45, 2.75) is 43.3 Å². The van der Waals surface area contributed by atoms with Crippen LogP contribution in [0.4, 0.5) is 0 Å². The van der Waals surface area contributed by atoms with Gasteiger partial charge in [0.15, 0.2) is 15.8 Å². The lowest BCUT2D eigenvalue weighted by Crippen LogP contribution is -2.54. The fourth-order valence-corrected chi connectivity index (χ4v) is 4.21. The van der Waals surface area contributed by atoms with Crippen LogP contribution < -0.4 is 5.32 Å². The lowest BCUT2D eigenvalue weighted by molar-refractivity contribution is 0.0755. The van der Waals surface area contributed by atoms with E-state index in [0.717, 1.165) is 38.2 Å². The first-order chi connectivity index (χ1) is 11.4. The van der Waals surface area contributed by atoms with Crippen LogP contribution in [-0.4, -0.2) is 70.7 Å². The summed E-state index contributed by atoms with van der Waals surface area (Å²) in [4.78, 5) is 6.35. The molecule has 1 fully saturated rings. The van der Waals surface area contributed by atoms with E-state index < -0.39 is 14.6 Å². The molecule has 0 saturated carbocycles. The maximum absolute atomic E-state index is 12.3. The summed E-state index contributed by atoms with van der Waals surface area (Å²) in [6.07, 6.45) is 8.77. The van der Waals surface area contributed by atoms with Gasteiger partial charge in [-0.15, -0.1) is 6.58 Å². The van der Waals surface area contributed by atoms with Crippen LogP contribution >= 0.6 is 0 Å². The normalized spacial score (nSPS) is 18.2. The highest BCUT2D eigenvalue weighted by molar-refractivity contribution is 7.92. The van der Waals surface area contributed by atoms with Crippen molar-refractivity contribution in [3.8, 4) is 0 Å². The molecule has 0 atom stereocenters. The molecule has 6 nitrogen and oxygen atoms in total. The van der Waals surface area contributed by atoms with Gasteiger partial charge in [0.1, 0.15) is 0 Å². The van der Waals surface area contributed by atoms with Crippen molar-refractivity contribution < 1.29 is 13.2 Å². The molecule has 1 saturated heterocycles. The fraction of sp³-hybridized carbons (Fsp3) is 0.824. The summed E-state index contributed by atoms with van der Waals surface area (Å²) in [6, 6.07) is 0. The summed E-state index contributed by atoms with van der Waals surface area (Å²) < 4.78 is 29.2. The van der Waals surface area contributed by atoms with Gasteiger partial charge in [-0.2, -0.15) is 0 Å². The second kappa shape index (κ2) is 10.0. The fourth-order valence-electron chi connectivity index (χ4n) is 2.97. The van der Waals surface area contributed by atoms with E-state index in [1.54, 1.807) is 7.05 Å². The van der Waals surface area contributed by atoms with E-state index >= 15 is 0 Å². The lowest BCUT2D eigenvalue weighted by Gasteiger charge is -2.36. The number of unbranched alkanes of at least 4 members (excludes halogenated alkanes) is 3. The lowest BCUT2D eigenvalue weighted by atomic mass is 9.99. The topological polar surface area (TPSA) is 71.0 Å². The molecule has 1 heterocycles. The predicted molar refractivity (Wildman–Crippen MR) is 100 cm³/mol. The minimum absolute atomic E-state index is 0.378. The molecule has 1 rings (SSSR count). The van der Waals surface area contributed by atoms with Crippen LogP contribution in [0.1, 0.15) is 38.5 Å². The van der Waals surface area contributed by atoms with E-state index in [-0.39, 0.29) is 0 Å². The third kappa shape index (κ3) is 6.09. The average Bonchev–Trinajstić information content (AvgIpc) is 2.55. The Morgan fingerprint density at radius 3 is 2.54 bits per heavy atom. The van der Waals surface area contributed by atoms with Crippen LogP contribution in [0.15, 0.2) is 17.6 Å². The highest BCUT2D eigenvalue weighted by Crippen LogP contribution is 2.28. The van der Waals surface area contributed by atoms with Crippen LogP contribution in [0, 0.1) is 0 Å². The van der Waals surface area contributed by atoms with Crippen LogP contribution in [0.5, 0.6) is 0 Å². The van der Waals surface area contributed by atoms with Gasteiger partial charge in [-0.1, -0.05) is 12.5 Å². The second-order valence-electron chi connectivity index (χ2n) is 6.53. The van der Waals surface area contributed by atoms with Crippen molar-refractivity contribution >= 4 is 15.8 Å². The van der Waals surface area contributed by atoms with E-state index in [9.17, 15) is 8.42 Å². The molecule has 1 N–H and O–H groups in total. The smallest absolute Gasteiger partial charge is 0.193 e. The molecule has 0 aromatic carbocycles. The molecule has 0 aromatic heterocycles. The molecule has 0 aliphatic carbocycles. The van der Waals surface area contributed by atoms with E-state index in [2.05, 4.69) is 21.8 Å². The third-order valence-corrected chi connectivity index (χ3v) is 6.86. The number of nitrogens with one attached hydrogen (secondary N) is 1. The summed E-state index contributed by atoms with van der Waals surface area (Å²) in [6.45, 7) is 5.99. The Bertz CT molecular complexity index is 511. The summed E-state index contributed by atoms with van der Waals surface area (Å²) >= 11 is 0. The molecule has 1 aliphatic rings. The molecule has 7 heteroatoms. The number of hydrogen-bond donors (Lipinski definition) is 1. The molecule has 0 spiro atoms. The number of rotatable bonds is 9. The zero-order valence-electron chi connectivity index (χ0n) is 15.4. The SMILES string of the molecule is C=CCCCCCN(C)C(=NC)NCC1(S(C)(=O)=O)CCOCC1. The van der Waals surface area contributed by atoms with Gasteiger partial charge in [0, 0.05) is 46.7 Å². The first kappa shape index (κ1) is 21.0.